The lowest BCUT2D eigenvalue weighted by Crippen LogP contribution is -2.28. The Labute approximate surface area is 101 Å². The molecule has 1 heterocycles. The smallest absolute Gasteiger partial charge is 0.246 e. The van der Waals surface area contributed by atoms with Crippen LogP contribution in [0, 0.1) is 0 Å². The molecule has 2 rings (SSSR count). The first-order valence-corrected chi connectivity index (χ1v) is 5.95. The largest absolute Gasteiger partial charge is 0.385 e. The van der Waals surface area contributed by atoms with Crippen molar-refractivity contribution < 1.29 is 9.53 Å². The van der Waals surface area contributed by atoms with Gasteiger partial charge in [0.25, 0.3) is 0 Å². The van der Waals surface area contributed by atoms with Crippen molar-refractivity contribution in [3.63, 3.8) is 0 Å². The Hall–Kier alpha value is -1.39. The monoisotopic (exact) mass is 234 g/mol. The molecule has 0 fully saturated rings. The third kappa shape index (κ3) is 2.84. The third-order valence-corrected chi connectivity index (χ3v) is 2.92. The Kier molecular flexibility index (Phi) is 4.12. The summed E-state index contributed by atoms with van der Waals surface area (Å²) in [5, 5.41) is 6.15. The van der Waals surface area contributed by atoms with Gasteiger partial charge in [-0.15, -0.1) is 0 Å². The van der Waals surface area contributed by atoms with Crippen molar-refractivity contribution in [3.8, 4) is 0 Å². The van der Waals surface area contributed by atoms with E-state index in [-0.39, 0.29) is 11.9 Å². The lowest BCUT2D eigenvalue weighted by molar-refractivity contribution is -0.117. The molecule has 92 valence electrons. The number of carbonyl (C=O) groups is 1. The van der Waals surface area contributed by atoms with E-state index in [1.165, 1.54) is 0 Å². The summed E-state index contributed by atoms with van der Waals surface area (Å²) in [6.45, 7) is 1.60. The molecule has 1 atom stereocenters. The first-order valence-electron chi connectivity index (χ1n) is 5.95. The van der Waals surface area contributed by atoms with Crippen LogP contribution in [0.1, 0.15) is 24.4 Å². The number of unbranched alkanes of at least 4 members (excludes halogenated alkanes) is 1. The summed E-state index contributed by atoms with van der Waals surface area (Å²) in [6.07, 6.45) is 2.03. The van der Waals surface area contributed by atoms with Crippen LogP contribution in [0.3, 0.4) is 0 Å². The number of hydrogen-bond acceptors (Lipinski definition) is 3. The molecule has 0 bridgehead atoms. The molecule has 2 N–H and O–H groups in total. The zero-order valence-corrected chi connectivity index (χ0v) is 10.0. The zero-order valence-electron chi connectivity index (χ0n) is 10.0. The minimum Gasteiger partial charge on any atom is -0.385 e. The molecule has 0 spiro atoms. The fourth-order valence-corrected chi connectivity index (χ4v) is 2.03. The van der Waals surface area contributed by atoms with Gasteiger partial charge in [-0.25, -0.2) is 0 Å². The molecule has 1 aliphatic rings. The number of nitrogens with one attached hydrogen (secondary N) is 2. The number of anilines is 1. The van der Waals surface area contributed by atoms with Crippen LogP contribution in [0.4, 0.5) is 5.69 Å². The van der Waals surface area contributed by atoms with Gasteiger partial charge in [-0.3, -0.25) is 4.79 Å². The van der Waals surface area contributed by atoms with Gasteiger partial charge in [0.2, 0.25) is 5.91 Å². The molecule has 1 unspecified atom stereocenters. The van der Waals surface area contributed by atoms with Gasteiger partial charge >= 0.3 is 0 Å². The average molecular weight is 234 g/mol. The van der Waals surface area contributed by atoms with Crippen molar-refractivity contribution >= 4 is 11.6 Å². The summed E-state index contributed by atoms with van der Waals surface area (Å²) in [5.74, 6) is 0.0398. The Balaban J connectivity index is 1.87. The number of rotatable bonds is 6. The molecule has 1 aromatic rings. The minimum absolute atomic E-state index is 0.0398. The molecule has 0 saturated carbocycles. The van der Waals surface area contributed by atoms with Crippen LogP contribution in [0.15, 0.2) is 24.3 Å². The predicted molar refractivity (Wildman–Crippen MR) is 66.9 cm³/mol. The molecule has 1 aliphatic heterocycles. The van der Waals surface area contributed by atoms with E-state index in [0.29, 0.717) is 0 Å². The van der Waals surface area contributed by atoms with Crippen molar-refractivity contribution in [3.05, 3.63) is 29.8 Å². The maximum Gasteiger partial charge on any atom is 0.246 e. The van der Waals surface area contributed by atoms with E-state index in [4.69, 9.17) is 4.74 Å². The summed E-state index contributed by atoms with van der Waals surface area (Å²) < 4.78 is 4.98. The number of amides is 1. The molecular weight excluding hydrogens is 216 g/mol. The lowest BCUT2D eigenvalue weighted by Gasteiger charge is -2.10. The topological polar surface area (TPSA) is 50.4 Å². The molecular formula is C13H18N2O2. The number of methoxy groups -OCH3 is 1. The number of carbonyl (C=O) groups excluding carboxylic acids is 1. The fourth-order valence-electron chi connectivity index (χ4n) is 2.03. The Bertz CT molecular complexity index is 393. The van der Waals surface area contributed by atoms with Gasteiger partial charge in [-0.05, 0) is 25.5 Å². The maximum absolute atomic E-state index is 11.8. The predicted octanol–water partition coefficient (Wildman–Crippen LogP) is 1.70. The molecule has 0 aliphatic carbocycles. The van der Waals surface area contributed by atoms with Gasteiger partial charge in [0.1, 0.15) is 6.04 Å². The fraction of sp³-hybridized carbons (Fsp3) is 0.462. The Morgan fingerprint density at radius 2 is 2.18 bits per heavy atom. The molecule has 0 radical (unpaired) electrons. The Morgan fingerprint density at radius 1 is 1.35 bits per heavy atom. The van der Waals surface area contributed by atoms with E-state index >= 15 is 0 Å². The molecule has 0 saturated heterocycles. The lowest BCUT2D eigenvalue weighted by atomic mass is 10.1. The van der Waals surface area contributed by atoms with E-state index in [1.807, 2.05) is 24.3 Å². The van der Waals surface area contributed by atoms with E-state index in [1.54, 1.807) is 7.11 Å². The van der Waals surface area contributed by atoms with E-state index in [2.05, 4.69) is 10.6 Å². The number of ether oxygens (including phenoxy) is 1. The summed E-state index contributed by atoms with van der Waals surface area (Å²) in [4.78, 5) is 11.8. The highest BCUT2D eigenvalue weighted by molar-refractivity contribution is 6.02. The molecule has 1 amide bonds. The molecule has 17 heavy (non-hydrogen) atoms. The van der Waals surface area contributed by atoms with E-state index in [0.717, 1.165) is 37.2 Å². The van der Waals surface area contributed by atoms with Crippen LogP contribution >= 0.6 is 0 Å². The van der Waals surface area contributed by atoms with Crippen molar-refractivity contribution in [2.24, 2.45) is 0 Å². The molecule has 4 heteroatoms. The second-order valence-electron chi connectivity index (χ2n) is 4.16. The Morgan fingerprint density at radius 3 is 3.00 bits per heavy atom. The summed E-state index contributed by atoms with van der Waals surface area (Å²) in [5.41, 5.74) is 1.97. The van der Waals surface area contributed by atoms with Crippen LogP contribution in [0.5, 0.6) is 0 Å². The summed E-state index contributed by atoms with van der Waals surface area (Å²) in [6, 6.07) is 7.60. The van der Waals surface area contributed by atoms with Gasteiger partial charge in [0, 0.05) is 25.0 Å². The zero-order chi connectivity index (χ0) is 12.1. The SMILES string of the molecule is COCCCCNC1C(=O)Nc2ccccc21. The first kappa shape index (κ1) is 12.1. The van der Waals surface area contributed by atoms with Crippen molar-refractivity contribution in [1.82, 2.24) is 5.32 Å². The number of benzene rings is 1. The molecule has 0 aromatic heterocycles. The molecule has 1 aromatic carbocycles. The van der Waals surface area contributed by atoms with Gasteiger partial charge < -0.3 is 15.4 Å². The third-order valence-electron chi connectivity index (χ3n) is 2.92. The van der Waals surface area contributed by atoms with Gasteiger partial charge in [-0.2, -0.15) is 0 Å². The standard InChI is InChI=1S/C13H18N2O2/c1-17-9-5-4-8-14-12-10-6-2-3-7-11(10)15-13(12)16/h2-3,6-7,12,14H,4-5,8-9H2,1H3,(H,15,16). The van der Waals surface area contributed by atoms with Crippen molar-refractivity contribution in [2.45, 2.75) is 18.9 Å². The minimum atomic E-state index is -0.200. The van der Waals surface area contributed by atoms with E-state index in [9.17, 15) is 4.79 Å². The van der Waals surface area contributed by atoms with Crippen molar-refractivity contribution in [2.75, 3.05) is 25.6 Å². The second kappa shape index (κ2) is 5.80. The highest BCUT2D eigenvalue weighted by Crippen LogP contribution is 2.29. The van der Waals surface area contributed by atoms with Crippen LogP contribution in [-0.2, 0) is 9.53 Å². The highest BCUT2D eigenvalue weighted by Gasteiger charge is 2.29. The van der Waals surface area contributed by atoms with Gasteiger partial charge in [-0.1, -0.05) is 18.2 Å². The van der Waals surface area contributed by atoms with Crippen LogP contribution in [-0.4, -0.2) is 26.2 Å². The van der Waals surface area contributed by atoms with Gasteiger partial charge in [0.05, 0.1) is 0 Å². The first-order chi connectivity index (χ1) is 8.33. The second-order valence-corrected chi connectivity index (χ2v) is 4.16. The van der Waals surface area contributed by atoms with E-state index < -0.39 is 0 Å². The quantitative estimate of drug-likeness (QED) is 0.736. The van der Waals surface area contributed by atoms with Crippen LogP contribution < -0.4 is 10.6 Å². The number of fused-ring (bicyclic) bond motifs is 1. The van der Waals surface area contributed by atoms with Gasteiger partial charge in [0.15, 0.2) is 0 Å². The summed E-state index contributed by atoms with van der Waals surface area (Å²) in [7, 11) is 1.70. The average Bonchev–Trinajstić information content (AvgIpc) is 2.65. The number of hydrogen-bond donors (Lipinski definition) is 2. The summed E-state index contributed by atoms with van der Waals surface area (Å²) >= 11 is 0. The maximum atomic E-state index is 11.8. The van der Waals surface area contributed by atoms with Crippen LogP contribution in [0.2, 0.25) is 0 Å². The van der Waals surface area contributed by atoms with Crippen LogP contribution in [0.25, 0.3) is 0 Å². The molecule has 4 nitrogen and oxygen atoms in total. The van der Waals surface area contributed by atoms with Crippen molar-refractivity contribution in [1.29, 1.82) is 0 Å². The number of para-hydroxylation sites is 1. The highest BCUT2D eigenvalue weighted by atomic mass is 16.5. The normalized spacial score (nSPS) is 17.9.